The second-order valence-electron chi connectivity index (χ2n) is 3.17. The Kier molecular flexibility index (Phi) is 3.30. The second kappa shape index (κ2) is 4.48. The van der Waals surface area contributed by atoms with Crippen LogP contribution in [0, 0.1) is 18.3 Å². The number of allylic oxidation sites excluding steroid dienone is 2. The van der Waals surface area contributed by atoms with Crippen LogP contribution in [0.1, 0.15) is 24.5 Å². The normalized spacial score (nSPS) is 11.8. The van der Waals surface area contributed by atoms with Gasteiger partial charge in [-0.1, -0.05) is 31.2 Å². The molecule has 0 aliphatic carbocycles. The SMILES string of the molecule is CC/C(=C(\N)C#N)c1ccccc1C. The van der Waals surface area contributed by atoms with E-state index in [-0.39, 0.29) is 0 Å². The summed E-state index contributed by atoms with van der Waals surface area (Å²) in [7, 11) is 0. The van der Waals surface area contributed by atoms with E-state index in [9.17, 15) is 0 Å². The Bertz CT molecular complexity index is 397. The fraction of sp³-hybridized carbons (Fsp3) is 0.250. The van der Waals surface area contributed by atoms with E-state index in [0.29, 0.717) is 5.70 Å². The minimum atomic E-state index is 0.321. The molecule has 0 aliphatic rings. The van der Waals surface area contributed by atoms with Crippen molar-refractivity contribution in [3.63, 3.8) is 0 Å². The van der Waals surface area contributed by atoms with Gasteiger partial charge >= 0.3 is 0 Å². The smallest absolute Gasteiger partial charge is 0.117 e. The first kappa shape index (κ1) is 10.3. The van der Waals surface area contributed by atoms with E-state index in [2.05, 4.69) is 0 Å². The molecular formula is C12H14N2. The third-order valence-corrected chi connectivity index (χ3v) is 2.27. The number of hydrogen-bond donors (Lipinski definition) is 1. The summed E-state index contributed by atoms with van der Waals surface area (Å²) in [6, 6.07) is 9.96. The van der Waals surface area contributed by atoms with Gasteiger partial charge in [-0.05, 0) is 30.0 Å². The summed E-state index contributed by atoms with van der Waals surface area (Å²) < 4.78 is 0. The molecule has 0 fully saturated rings. The number of aryl methyl sites for hydroxylation is 1. The summed E-state index contributed by atoms with van der Waals surface area (Å²) in [5.41, 5.74) is 9.14. The van der Waals surface area contributed by atoms with Crippen LogP contribution in [0.15, 0.2) is 30.0 Å². The van der Waals surface area contributed by atoms with Gasteiger partial charge in [-0.25, -0.2) is 0 Å². The fourth-order valence-electron chi connectivity index (χ4n) is 1.50. The zero-order valence-corrected chi connectivity index (χ0v) is 8.54. The monoisotopic (exact) mass is 186 g/mol. The molecule has 0 atom stereocenters. The maximum absolute atomic E-state index is 8.76. The standard InChI is InChI=1S/C12H14N2/c1-3-10(12(14)8-13)11-7-5-4-6-9(11)2/h4-7H,3,14H2,1-2H3/b12-10+. The molecule has 0 saturated carbocycles. The molecule has 0 amide bonds. The van der Waals surface area contributed by atoms with Crippen LogP contribution in [-0.4, -0.2) is 0 Å². The summed E-state index contributed by atoms with van der Waals surface area (Å²) in [4.78, 5) is 0. The lowest BCUT2D eigenvalue weighted by Crippen LogP contribution is -2.00. The summed E-state index contributed by atoms with van der Waals surface area (Å²) in [6.07, 6.45) is 0.782. The summed E-state index contributed by atoms with van der Waals surface area (Å²) in [6.45, 7) is 4.03. The van der Waals surface area contributed by atoms with Crippen molar-refractivity contribution >= 4 is 5.57 Å². The molecule has 1 aromatic rings. The number of benzene rings is 1. The molecule has 0 heterocycles. The average Bonchev–Trinajstić information content (AvgIpc) is 2.21. The number of nitrogens with two attached hydrogens (primary N) is 1. The van der Waals surface area contributed by atoms with E-state index >= 15 is 0 Å². The molecule has 0 aliphatic heterocycles. The highest BCUT2D eigenvalue weighted by Gasteiger charge is 2.06. The lowest BCUT2D eigenvalue weighted by molar-refractivity contribution is 1.19. The van der Waals surface area contributed by atoms with E-state index in [4.69, 9.17) is 11.0 Å². The molecule has 0 bridgehead atoms. The number of nitriles is 1. The van der Waals surface area contributed by atoms with Crippen LogP contribution in [0.4, 0.5) is 0 Å². The Morgan fingerprint density at radius 1 is 1.43 bits per heavy atom. The molecule has 0 radical (unpaired) electrons. The maximum Gasteiger partial charge on any atom is 0.117 e. The highest BCUT2D eigenvalue weighted by molar-refractivity contribution is 5.72. The quantitative estimate of drug-likeness (QED) is 0.722. The molecule has 1 aromatic carbocycles. The Morgan fingerprint density at radius 2 is 2.07 bits per heavy atom. The van der Waals surface area contributed by atoms with Gasteiger partial charge in [-0.2, -0.15) is 5.26 Å². The first-order valence-corrected chi connectivity index (χ1v) is 4.65. The van der Waals surface area contributed by atoms with Crippen molar-refractivity contribution in [2.45, 2.75) is 20.3 Å². The fourth-order valence-corrected chi connectivity index (χ4v) is 1.50. The molecule has 1 rings (SSSR count). The molecular weight excluding hydrogens is 172 g/mol. The molecule has 14 heavy (non-hydrogen) atoms. The van der Waals surface area contributed by atoms with Gasteiger partial charge in [0, 0.05) is 0 Å². The predicted octanol–water partition coefficient (Wildman–Crippen LogP) is 2.60. The molecule has 2 nitrogen and oxygen atoms in total. The summed E-state index contributed by atoms with van der Waals surface area (Å²) >= 11 is 0. The van der Waals surface area contributed by atoms with Crippen molar-refractivity contribution in [2.75, 3.05) is 0 Å². The molecule has 0 saturated heterocycles. The van der Waals surface area contributed by atoms with E-state index in [1.807, 2.05) is 44.2 Å². The number of nitrogens with zero attached hydrogens (tertiary/aromatic N) is 1. The third kappa shape index (κ3) is 1.94. The van der Waals surface area contributed by atoms with Gasteiger partial charge in [0.05, 0.1) is 0 Å². The third-order valence-electron chi connectivity index (χ3n) is 2.27. The predicted molar refractivity (Wildman–Crippen MR) is 58.2 cm³/mol. The van der Waals surface area contributed by atoms with Crippen LogP contribution >= 0.6 is 0 Å². The van der Waals surface area contributed by atoms with Gasteiger partial charge in [0.25, 0.3) is 0 Å². The second-order valence-corrected chi connectivity index (χ2v) is 3.17. The Labute approximate surface area is 84.7 Å². The lowest BCUT2D eigenvalue weighted by Gasteiger charge is -2.08. The van der Waals surface area contributed by atoms with Crippen LogP contribution < -0.4 is 5.73 Å². The molecule has 72 valence electrons. The van der Waals surface area contributed by atoms with E-state index in [1.165, 1.54) is 0 Å². The summed E-state index contributed by atoms with van der Waals surface area (Å²) in [5, 5.41) is 8.76. The molecule has 2 N–H and O–H groups in total. The highest BCUT2D eigenvalue weighted by atomic mass is 14.6. The van der Waals surface area contributed by atoms with Gasteiger partial charge in [0.1, 0.15) is 11.8 Å². The Hall–Kier alpha value is -1.75. The van der Waals surface area contributed by atoms with Gasteiger partial charge in [-0.3, -0.25) is 0 Å². The van der Waals surface area contributed by atoms with Crippen LogP contribution in [-0.2, 0) is 0 Å². The van der Waals surface area contributed by atoms with Crippen LogP contribution in [0.25, 0.3) is 5.57 Å². The molecule has 0 unspecified atom stereocenters. The van der Waals surface area contributed by atoms with Gasteiger partial charge in [0.2, 0.25) is 0 Å². The van der Waals surface area contributed by atoms with Crippen molar-refractivity contribution in [1.29, 1.82) is 5.26 Å². The minimum Gasteiger partial charge on any atom is -0.390 e. The number of hydrogen-bond acceptors (Lipinski definition) is 2. The zero-order chi connectivity index (χ0) is 10.6. The lowest BCUT2D eigenvalue weighted by atomic mass is 9.97. The van der Waals surface area contributed by atoms with E-state index in [1.54, 1.807) is 0 Å². The van der Waals surface area contributed by atoms with Crippen molar-refractivity contribution in [3.05, 3.63) is 41.1 Å². The van der Waals surface area contributed by atoms with Crippen molar-refractivity contribution in [1.82, 2.24) is 0 Å². The molecule has 2 heteroatoms. The molecule has 0 aromatic heterocycles. The number of rotatable bonds is 2. The highest BCUT2D eigenvalue weighted by Crippen LogP contribution is 2.22. The van der Waals surface area contributed by atoms with Crippen LogP contribution in [0.3, 0.4) is 0 Å². The van der Waals surface area contributed by atoms with Gasteiger partial charge in [-0.15, -0.1) is 0 Å². The zero-order valence-electron chi connectivity index (χ0n) is 8.54. The largest absolute Gasteiger partial charge is 0.390 e. The summed E-state index contributed by atoms with van der Waals surface area (Å²) in [5.74, 6) is 0. The first-order chi connectivity index (χ1) is 6.70. The van der Waals surface area contributed by atoms with Crippen molar-refractivity contribution < 1.29 is 0 Å². The van der Waals surface area contributed by atoms with Crippen LogP contribution in [0.5, 0.6) is 0 Å². The Morgan fingerprint density at radius 3 is 2.57 bits per heavy atom. The maximum atomic E-state index is 8.76. The molecule has 0 spiro atoms. The van der Waals surface area contributed by atoms with Crippen molar-refractivity contribution in [3.8, 4) is 6.07 Å². The van der Waals surface area contributed by atoms with E-state index in [0.717, 1.165) is 23.1 Å². The average molecular weight is 186 g/mol. The minimum absolute atomic E-state index is 0.321. The van der Waals surface area contributed by atoms with Gasteiger partial charge in [0.15, 0.2) is 0 Å². The van der Waals surface area contributed by atoms with Crippen LogP contribution in [0.2, 0.25) is 0 Å². The van der Waals surface area contributed by atoms with E-state index < -0.39 is 0 Å². The topological polar surface area (TPSA) is 49.8 Å². The van der Waals surface area contributed by atoms with Gasteiger partial charge < -0.3 is 5.73 Å². The first-order valence-electron chi connectivity index (χ1n) is 4.65. The van der Waals surface area contributed by atoms with Crippen molar-refractivity contribution in [2.24, 2.45) is 5.73 Å². The Balaban J connectivity index is 3.29.